The average Bonchev–Trinajstić information content (AvgIpc) is 3.13. The van der Waals surface area contributed by atoms with Crippen LogP contribution in [0.15, 0.2) is 58.8 Å². The van der Waals surface area contributed by atoms with Crippen LogP contribution in [-0.2, 0) is 6.61 Å². The van der Waals surface area contributed by atoms with Crippen LogP contribution in [0.2, 0.25) is 0 Å². The van der Waals surface area contributed by atoms with E-state index in [1.807, 2.05) is 37.3 Å². The smallest absolute Gasteiger partial charge is 0.232 e. The topological polar surface area (TPSA) is 63.2 Å². The normalized spacial score (nSPS) is 13.5. The zero-order valence-electron chi connectivity index (χ0n) is 18.7. The molecule has 0 aromatic heterocycles. The van der Waals surface area contributed by atoms with Crippen LogP contribution in [0.25, 0.3) is 6.08 Å². The molecule has 1 heterocycles. The summed E-state index contributed by atoms with van der Waals surface area (Å²) in [5, 5.41) is 0. The zero-order valence-corrected chi connectivity index (χ0v) is 20.3. The van der Waals surface area contributed by atoms with Crippen LogP contribution in [0.3, 0.4) is 0 Å². The first-order valence-corrected chi connectivity index (χ1v) is 11.0. The van der Waals surface area contributed by atoms with E-state index in [9.17, 15) is 4.79 Å². The van der Waals surface area contributed by atoms with Crippen molar-refractivity contribution in [3.63, 3.8) is 0 Å². The number of benzene rings is 3. The van der Waals surface area contributed by atoms with Crippen molar-refractivity contribution in [1.82, 2.24) is 0 Å². The van der Waals surface area contributed by atoms with E-state index in [2.05, 4.69) is 15.9 Å². The van der Waals surface area contributed by atoms with Crippen LogP contribution in [0.4, 0.5) is 0 Å². The van der Waals surface area contributed by atoms with Crippen LogP contribution < -0.4 is 23.7 Å². The number of carbonyl (C=O) groups is 1. The Balaban J connectivity index is 1.61. The molecule has 7 heteroatoms. The number of hydrogen-bond acceptors (Lipinski definition) is 6. The summed E-state index contributed by atoms with van der Waals surface area (Å²) in [6.07, 6.45) is 1.64. The second kappa shape index (κ2) is 9.58. The van der Waals surface area contributed by atoms with E-state index in [0.29, 0.717) is 46.5 Å². The van der Waals surface area contributed by atoms with Gasteiger partial charge < -0.3 is 23.7 Å². The second-order valence-electron chi connectivity index (χ2n) is 7.42. The number of aryl methyl sites for hydroxylation is 1. The van der Waals surface area contributed by atoms with Gasteiger partial charge in [0.15, 0.2) is 17.3 Å². The Hall–Kier alpha value is -3.45. The summed E-state index contributed by atoms with van der Waals surface area (Å²) < 4.78 is 29.1. The number of carbonyl (C=O) groups excluding carboxylic acids is 1. The molecule has 0 saturated heterocycles. The lowest BCUT2D eigenvalue weighted by atomic mass is 10.0. The van der Waals surface area contributed by atoms with Crippen molar-refractivity contribution in [3.05, 3.63) is 81.0 Å². The summed E-state index contributed by atoms with van der Waals surface area (Å²) in [6, 6.07) is 14.9. The lowest BCUT2D eigenvalue weighted by Gasteiger charge is -2.12. The molecule has 6 nitrogen and oxygen atoms in total. The molecule has 0 bridgehead atoms. The number of methoxy groups -OCH3 is 3. The monoisotopic (exact) mass is 510 g/mol. The van der Waals surface area contributed by atoms with Crippen LogP contribution in [0.5, 0.6) is 28.7 Å². The maximum absolute atomic E-state index is 13.1. The third kappa shape index (κ3) is 4.68. The molecule has 4 rings (SSSR count). The first-order chi connectivity index (χ1) is 15.9. The number of ether oxygens (including phenoxy) is 5. The van der Waals surface area contributed by atoms with Gasteiger partial charge in [-0.2, -0.15) is 0 Å². The molecule has 170 valence electrons. The Kier molecular flexibility index (Phi) is 6.60. The van der Waals surface area contributed by atoms with Gasteiger partial charge in [-0.3, -0.25) is 4.79 Å². The number of halogens is 1. The van der Waals surface area contributed by atoms with E-state index in [0.717, 1.165) is 15.6 Å². The summed E-state index contributed by atoms with van der Waals surface area (Å²) in [7, 11) is 4.65. The second-order valence-corrected chi connectivity index (χ2v) is 8.33. The molecule has 1 aliphatic rings. The van der Waals surface area contributed by atoms with Crippen molar-refractivity contribution in [1.29, 1.82) is 0 Å². The molecular weight excluding hydrogens is 488 g/mol. The number of Topliss-reactive ketones (excluding diaryl/α,β-unsaturated/α-hetero) is 1. The highest BCUT2D eigenvalue weighted by Crippen LogP contribution is 2.40. The van der Waals surface area contributed by atoms with Crippen molar-refractivity contribution in [2.45, 2.75) is 13.5 Å². The molecule has 3 aromatic rings. The van der Waals surface area contributed by atoms with Gasteiger partial charge in [0.25, 0.3) is 0 Å². The molecule has 0 amide bonds. The highest BCUT2D eigenvalue weighted by Gasteiger charge is 2.30. The summed E-state index contributed by atoms with van der Waals surface area (Å²) in [5.41, 5.74) is 2.98. The lowest BCUT2D eigenvalue weighted by molar-refractivity contribution is 0.101. The fraction of sp³-hybridized carbons (Fsp3) is 0.192. The molecule has 0 atom stereocenters. The molecule has 0 unspecified atom stereocenters. The fourth-order valence-electron chi connectivity index (χ4n) is 3.61. The van der Waals surface area contributed by atoms with Crippen molar-refractivity contribution in [2.75, 3.05) is 21.3 Å². The van der Waals surface area contributed by atoms with E-state index in [1.165, 1.54) is 0 Å². The number of allylic oxidation sites excluding steroid dienone is 1. The Morgan fingerprint density at radius 2 is 1.58 bits per heavy atom. The van der Waals surface area contributed by atoms with Gasteiger partial charge in [-0.15, -0.1) is 0 Å². The summed E-state index contributed by atoms with van der Waals surface area (Å²) >= 11 is 3.43. The third-order valence-corrected chi connectivity index (χ3v) is 5.81. The quantitative estimate of drug-likeness (QED) is 0.364. The Morgan fingerprint density at radius 3 is 2.24 bits per heavy atom. The van der Waals surface area contributed by atoms with Crippen molar-refractivity contribution in [3.8, 4) is 28.7 Å². The van der Waals surface area contributed by atoms with Crippen molar-refractivity contribution in [2.24, 2.45) is 0 Å². The predicted octanol–water partition coefficient (Wildman–Crippen LogP) is 5.98. The highest BCUT2D eigenvalue weighted by molar-refractivity contribution is 9.10. The van der Waals surface area contributed by atoms with Crippen LogP contribution in [0, 0.1) is 6.92 Å². The van der Waals surface area contributed by atoms with Crippen LogP contribution in [-0.4, -0.2) is 27.1 Å². The zero-order chi connectivity index (χ0) is 23.5. The van der Waals surface area contributed by atoms with E-state index < -0.39 is 0 Å². The van der Waals surface area contributed by atoms with E-state index >= 15 is 0 Å². The van der Waals surface area contributed by atoms with Crippen LogP contribution >= 0.6 is 15.9 Å². The number of ketones is 1. The van der Waals surface area contributed by atoms with Gasteiger partial charge in [-0.1, -0.05) is 28.1 Å². The summed E-state index contributed by atoms with van der Waals surface area (Å²) in [4.78, 5) is 13.1. The standard InChI is InChI=1S/C26H23BrO6/c1-15-9-19(32-14-16-5-7-18(27)8-6-16)12-23-25(15)26(28)24(33-23)11-17-10-21(30-3)22(31-4)13-20(17)29-2/h5-13H,14H2,1-4H3/b24-11-. The minimum absolute atomic E-state index is 0.196. The van der Waals surface area contributed by atoms with Crippen LogP contribution in [0.1, 0.15) is 27.0 Å². The number of rotatable bonds is 7. The van der Waals surface area contributed by atoms with Gasteiger partial charge in [0.2, 0.25) is 5.78 Å². The van der Waals surface area contributed by atoms with Crippen molar-refractivity contribution >= 4 is 27.8 Å². The maximum atomic E-state index is 13.1. The predicted molar refractivity (Wildman–Crippen MR) is 129 cm³/mol. The molecule has 0 fully saturated rings. The highest BCUT2D eigenvalue weighted by atomic mass is 79.9. The maximum Gasteiger partial charge on any atom is 0.232 e. The first-order valence-electron chi connectivity index (χ1n) is 10.2. The van der Waals surface area contributed by atoms with Gasteiger partial charge in [-0.05, 0) is 48.4 Å². The molecule has 0 N–H and O–H groups in total. The van der Waals surface area contributed by atoms with E-state index in [1.54, 1.807) is 45.6 Å². The minimum Gasteiger partial charge on any atom is -0.496 e. The molecule has 3 aromatic carbocycles. The van der Waals surface area contributed by atoms with Gasteiger partial charge in [-0.25, -0.2) is 0 Å². The van der Waals surface area contributed by atoms with Crippen molar-refractivity contribution < 1.29 is 28.5 Å². The largest absolute Gasteiger partial charge is 0.496 e. The Bertz CT molecular complexity index is 1230. The molecule has 0 saturated carbocycles. The molecule has 33 heavy (non-hydrogen) atoms. The Morgan fingerprint density at radius 1 is 0.909 bits per heavy atom. The molecule has 0 aliphatic carbocycles. The average molecular weight is 511 g/mol. The third-order valence-electron chi connectivity index (χ3n) is 5.28. The Labute approximate surface area is 200 Å². The van der Waals surface area contributed by atoms with Gasteiger partial charge in [0.1, 0.15) is 23.9 Å². The first kappa shape index (κ1) is 22.7. The van der Waals surface area contributed by atoms with Gasteiger partial charge in [0, 0.05) is 22.2 Å². The summed E-state index contributed by atoms with van der Waals surface area (Å²) in [6.45, 7) is 2.28. The van der Waals surface area contributed by atoms with Gasteiger partial charge >= 0.3 is 0 Å². The number of fused-ring (bicyclic) bond motifs is 1. The molecule has 0 spiro atoms. The minimum atomic E-state index is -0.196. The molecule has 1 aliphatic heterocycles. The number of hydrogen-bond donors (Lipinski definition) is 0. The van der Waals surface area contributed by atoms with Gasteiger partial charge in [0.05, 0.1) is 26.9 Å². The fourth-order valence-corrected chi connectivity index (χ4v) is 3.88. The van der Waals surface area contributed by atoms with E-state index in [4.69, 9.17) is 23.7 Å². The van der Waals surface area contributed by atoms with E-state index in [-0.39, 0.29) is 11.5 Å². The lowest BCUT2D eigenvalue weighted by Crippen LogP contribution is -2.01. The molecular formula is C26H23BrO6. The molecule has 0 radical (unpaired) electrons. The summed E-state index contributed by atoms with van der Waals surface area (Å²) in [5.74, 6) is 2.68. The SMILES string of the molecule is COc1cc(OC)c(OC)cc1/C=C1\Oc2cc(OCc3ccc(Br)cc3)cc(C)c2C1=O.